The Labute approximate surface area is 110 Å². The standard InChI is InChI=1S/C12H15N5O2/c1-8-16-11(19-17-8)5-6-14-12(18)9-3-4-10(13-2)15-7-9/h3-4,7H,5-6H2,1-2H3,(H,13,15)(H,14,18). The Hall–Kier alpha value is -2.44. The smallest absolute Gasteiger partial charge is 0.252 e. The molecule has 2 N–H and O–H groups in total. The van der Waals surface area contributed by atoms with E-state index < -0.39 is 0 Å². The van der Waals surface area contributed by atoms with Crippen molar-refractivity contribution in [2.24, 2.45) is 0 Å². The van der Waals surface area contributed by atoms with Crippen LogP contribution in [0, 0.1) is 6.92 Å². The predicted octanol–water partition coefficient (Wildman–Crippen LogP) is 0.787. The van der Waals surface area contributed by atoms with Crippen LogP contribution >= 0.6 is 0 Å². The molecule has 19 heavy (non-hydrogen) atoms. The van der Waals surface area contributed by atoms with Crippen LogP contribution < -0.4 is 10.6 Å². The van der Waals surface area contributed by atoms with E-state index in [1.54, 1.807) is 26.1 Å². The molecule has 0 aromatic carbocycles. The van der Waals surface area contributed by atoms with E-state index in [0.29, 0.717) is 30.2 Å². The minimum Gasteiger partial charge on any atom is -0.373 e. The van der Waals surface area contributed by atoms with Crippen molar-refractivity contribution in [2.45, 2.75) is 13.3 Å². The zero-order valence-corrected chi connectivity index (χ0v) is 10.8. The van der Waals surface area contributed by atoms with E-state index >= 15 is 0 Å². The van der Waals surface area contributed by atoms with Crippen LogP contribution in [0.3, 0.4) is 0 Å². The highest BCUT2D eigenvalue weighted by Gasteiger charge is 2.07. The van der Waals surface area contributed by atoms with Crippen molar-refractivity contribution >= 4 is 11.7 Å². The molecular formula is C12H15N5O2. The molecule has 100 valence electrons. The van der Waals surface area contributed by atoms with Crippen LogP contribution in [0.4, 0.5) is 5.82 Å². The first kappa shape index (κ1) is 13.0. The summed E-state index contributed by atoms with van der Waals surface area (Å²) in [6.07, 6.45) is 2.03. The third-order valence-electron chi connectivity index (χ3n) is 2.48. The summed E-state index contributed by atoms with van der Waals surface area (Å²) in [4.78, 5) is 19.9. The number of nitrogens with zero attached hydrogens (tertiary/aromatic N) is 3. The van der Waals surface area contributed by atoms with Gasteiger partial charge in [-0.05, 0) is 19.1 Å². The van der Waals surface area contributed by atoms with Gasteiger partial charge in [0.05, 0.1) is 5.56 Å². The van der Waals surface area contributed by atoms with Gasteiger partial charge in [0.15, 0.2) is 5.82 Å². The van der Waals surface area contributed by atoms with Crippen molar-refractivity contribution in [3.8, 4) is 0 Å². The highest BCUT2D eigenvalue weighted by molar-refractivity contribution is 5.94. The monoisotopic (exact) mass is 261 g/mol. The van der Waals surface area contributed by atoms with E-state index in [1.165, 1.54) is 6.20 Å². The van der Waals surface area contributed by atoms with Gasteiger partial charge in [0, 0.05) is 26.2 Å². The Bertz CT molecular complexity index is 550. The fraction of sp³-hybridized carbons (Fsp3) is 0.333. The molecule has 7 nitrogen and oxygen atoms in total. The van der Waals surface area contributed by atoms with Crippen LogP contribution in [-0.4, -0.2) is 34.6 Å². The van der Waals surface area contributed by atoms with E-state index in [9.17, 15) is 4.79 Å². The largest absolute Gasteiger partial charge is 0.373 e. The molecule has 1 amide bonds. The fourth-order valence-corrected chi connectivity index (χ4v) is 1.50. The maximum absolute atomic E-state index is 11.8. The second-order valence-electron chi connectivity index (χ2n) is 3.92. The maximum atomic E-state index is 11.8. The number of pyridine rings is 1. The van der Waals surface area contributed by atoms with Gasteiger partial charge < -0.3 is 15.2 Å². The number of anilines is 1. The molecule has 0 spiro atoms. The Morgan fingerprint density at radius 3 is 2.84 bits per heavy atom. The van der Waals surface area contributed by atoms with Crippen LogP contribution in [-0.2, 0) is 6.42 Å². The summed E-state index contributed by atoms with van der Waals surface area (Å²) < 4.78 is 4.95. The lowest BCUT2D eigenvalue weighted by Crippen LogP contribution is -2.25. The lowest BCUT2D eigenvalue weighted by atomic mass is 10.2. The summed E-state index contributed by atoms with van der Waals surface area (Å²) in [5.74, 6) is 1.65. The lowest BCUT2D eigenvalue weighted by Gasteiger charge is -2.04. The summed E-state index contributed by atoms with van der Waals surface area (Å²) in [6, 6.07) is 3.46. The molecule has 0 aliphatic rings. The van der Waals surface area contributed by atoms with Crippen LogP contribution in [0.1, 0.15) is 22.1 Å². The molecule has 0 saturated carbocycles. The fourth-order valence-electron chi connectivity index (χ4n) is 1.50. The molecule has 7 heteroatoms. The van der Waals surface area contributed by atoms with Gasteiger partial charge >= 0.3 is 0 Å². The molecule has 2 heterocycles. The number of aromatic nitrogens is 3. The minimum atomic E-state index is -0.175. The topological polar surface area (TPSA) is 92.9 Å². The van der Waals surface area contributed by atoms with Crippen LogP contribution in [0.15, 0.2) is 22.9 Å². The summed E-state index contributed by atoms with van der Waals surface area (Å²) in [7, 11) is 1.77. The van der Waals surface area contributed by atoms with E-state index in [4.69, 9.17) is 4.52 Å². The molecular weight excluding hydrogens is 246 g/mol. The maximum Gasteiger partial charge on any atom is 0.252 e. The number of hydrogen-bond acceptors (Lipinski definition) is 6. The number of amides is 1. The van der Waals surface area contributed by atoms with Crippen molar-refractivity contribution in [3.63, 3.8) is 0 Å². The van der Waals surface area contributed by atoms with E-state index in [2.05, 4.69) is 25.8 Å². The average molecular weight is 261 g/mol. The van der Waals surface area contributed by atoms with Gasteiger partial charge in [-0.25, -0.2) is 4.98 Å². The molecule has 0 aliphatic heterocycles. The van der Waals surface area contributed by atoms with Crippen LogP contribution in [0.5, 0.6) is 0 Å². The van der Waals surface area contributed by atoms with Crippen LogP contribution in [0.2, 0.25) is 0 Å². The van der Waals surface area contributed by atoms with Gasteiger partial charge in [0.2, 0.25) is 5.89 Å². The average Bonchev–Trinajstić information content (AvgIpc) is 2.84. The van der Waals surface area contributed by atoms with Gasteiger partial charge in [-0.15, -0.1) is 0 Å². The highest BCUT2D eigenvalue weighted by Crippen LogP contribution is 2.04. The quantitative estimate of drug-likeness (QED) is 0.826. The van der Waals surface area contributed by atoms with E-state index in [0.717, 1.165) is 5.82 Å². The lowest BCUT2D eigenvalue weighted by molar-refractivity contribution is 0.0953. The highest BCUT2D eigenvalue weighted by atomic mass is 16.5. The Morgan fingerprint density at radius 1 is 1.42 bits per heavy atom. The van der Waals surface area contributed by atoms with Crippen molar-refractivity contribution < 1.29 is 9.32 Å². The van der Waals surface area contributed by atoms with Crippen molar-refractivity contribution in [1.29, 1.82) is 0 Å². The van der Waals surface area contributed by atoms with Gasteiger partial charge in [-0.2, -0.15) is 4.98 Å². The number of carbonyl (C=O) groups excluding carboxylic acids is 1. The SMILES string of the molecule is CNc1ccc(C(=O)NCCc2nc(C)no2)cn1. The van der Waals surface area contributed by atoms with E-state index in [-0.39, 0.29) is 5.91 Å². The Morgan fingerprint density at radius 2 is 2.26 bits per heavy atom. The van der Waals surface area contributed by atoms with Gasteiger partial charge in [-0.1, -0.05) is 5.16 Å². The van der Waals surface area contributed by atoms with Crippen LogP contribution in [0.25, 0.3) is 0 Å². The van der Waals surface area contributed by atoms with E-state index in [1.807, 2.05) is 0 Å². The third-order valence-corrected chi connectivity index (χ3v) is 2.48. The van der Waals surface area contributed by atoms with Gasteiger partial charge in [-0.3, -0.25) is 4.79 Å². The van der Waals surface area contributed by atoms with Crippen molar-refractivity contribution in [2.75, 3.05) is 18.9 Å². The summed E-state index contributed by atoms with van der Waals surface area (Å²) >= 11 is 0. The van der Waals surface area contributed by atoms with Crippen molar-refractivity contribution in [3.05, 3.63) is 35.6 Å². The molecule has 2 rings (SSSR count). The van der Waals surface area contributed by atoms with Gasteiger partial charge in [0.25, 0.3) is 5.91 Å². The first-order valence-electron chi connectivity index (χ1n) is 5.90. The molecule has 0 saturated heterocycles. The molecule has 0 fully saturated rings. The summed E-state index contributed by atoms with van der Waals surface area (Å²) in [6.45, 7) is 2.19. The number of hydrogen-bond donors (Lipinski definition) is 2. The number of rotatable bonds is 5. The first-order chi connectivity index (χ1) is 9.19. The molecule has 0 unspecified atom stereocenters. The molecule has 0 aliphatic carbocycles. The zero-order valence-electron chi connectivity index (χ0n) is 10.8. The zero-order chi connectivity index (χ0) is 13.7. The van der Waals surface area contributed by atoms with Crippen molar-refractivity contribution in [1.82, 2.24) is 20.4 Å². The Balaban J connectivity index is 1.83. The summed E-state index contributed by atoms with van der Waals surface area (Å²) in [5, 5.41) is 9.33. The molecule has 0 bridgehead atoms. The second kappa shape index (κ2) is 5.94. The molecule has 0 atom stereocenters. The molecule has 0 radical (unpaired) electrons. The Kier molecular flexibility index (Phi) is 4.07. The molecule has 2 aromatic rings. The third kappa shape index (κ3) is 3.51. The number of nitrogens with one attached hydrogen (secondary N) is 2. The summed E-state index contributed by atoms with van der Waals surface area (Å²) in [5.41, 5.74) is 0.515. The van der Waals surface area contributed by atoms with Gasteiger partial charge in [0.1, 0.15) is 5.82 Å². The second-order valence-corrected chi connectivity index (χ2v) is 3.92. The number of aryl methyl sites for hydroxylation is 1. The number of carbonyl (C=O) groups is 1. The predicted molar refractivity (Wildman–Crippen MR) is 68.9 cm³/mol. The molecule has 2 aromatic heterocycles. The minimum absolute atomic E-state index is 0.175. The normalized spacial score (nSPS) is 10.2. The first-order valence-corrected chi connectivity index (χ1v) is 5.90.